The van der Waals surface area contributed by atoms with Crippen molar-refractivity contribution in [2.24, 2.45) is 5.92 Å². The van der Waals surface area contributed by atoms with Crippen molar-refractivity contribution in [2.75, 3.05) is 13.2 Å². The van der Waals surface area contributed by atoms with Gasteiger partial charge in [0.2, 0.25) is 0 Å². The van der Waals surface area contributed by atoms with Gasteiger partial charge in [-0.25, -0.2) is 0 Å². The molecule has 0 amide bonds. The fraction of sp³-hybridized carbons (Fsp3) is 0.936. The molecule has 0 radical (unpaired) electrons. The van der Waals surface area contributed by atoms with E-state index < -0.39 is 6.10 Å². The summed E-state index contributed by atoms with van der Waals surface area (Å²) in [6.45, 7) is 8.98. The van der Waals surface area contributed by atoms with Crippen molar-refractivity contribution in [1.29, 1.82) is 0 Å². The van der Waals surface area contributed by atoms with Crippen molar-refractivity contribution >= 4 is 17.9 Å². The molecule has 53 heavy (non-hydrogen) atoms. The van der Waals surface area contributed by atoms with Gasteiger partial charge in [-0.3, -0.25) is 14.4 Å². The number of carbonyl (C=O) groups excluding carboxylic acids is 3. The highest BCUT2D eigenvalue weighted by atomic mass is 16.6. The zero-order valence-electron chi connectivity index (χ0n) is 36.0. The summed E-state index contributed by atoms with van der Waals surface area (Å²) in [5, 5.41) is 0. The largest absolute Gasteiger partial charge is 0.462 e. The van der Waals surface area contributed by atoms with Gasteiger partial charge in [0.15, 0.2) is 6.10 Å². The van der Waals surface area contributed by atoms with Gasteiger partial charge in [0.25, 0.3) is 0 Å². The molecule has 0 aromatic rings. The molecule has 0 aliphatic heterocycles. The quantitative estimate of drug-likeness (QED) is 0.0351. The van der Waals surface area contributed by atoms with Gasteiger partial charge < -0.3 is 14.2 Å². The van der Waals surface area contributed by atoms with Crippen molar-refractivity contribution in [3.63, 3.8) is 0 Å². The molecule has 0 bridgehead atoms. The number of carbonyl (C=O) groups is 3. The van der Waals surface area contributed by atoms with Gasteiger partial charge >= 0.3 is 17.9 Å². The molecule has 0 fully saturated rings. The summed E-state index contributed by atoms with van der Waals surface area (Å²) in [7, 11) is 0. The minimum atomic E-state index is -0.758. The van der Waals surface area contributed by atoms with Gasteiger partial charge in [-0.05, 0) is 25.2 Å². The van der Waals surface area contributed by atoms with Crippen LogP contribution in [0.25, 0.3) is 0 Å². The third-order valence-electron chi connectivity index (χ3n) is 10.5. The van der Waals surface area contributed by atoms with E-state index in [0.29, 0.717) is 19.3 Å². The number of rotatable bonds is 42. The second kappa shape index (κ2) is 41.6. The fourth-order valence-corrected chi connectivity index (χ4v) is 6.98. The van der Waals surface area contributed by atoms with Crippen LogP contribution in [0.5, 0.6) is 0 Å². The predicted octanol–water partition coefficient (Wildman–Crippen LogP) is 14.7. The lowest BCUT2D eigenvalue weighted by Crippen LogP contribution is -2.30. The maximum Gasteiger partial charge on any atom is 0.306 e. The normalized spacial score (nSPS) is 11.9. The van der Waals surface area contributed by atoms with Crippen LogP contribution >= 0.6 is 0 Å². The zero-order valence-corrected chi connectivity index (χ0v) is 36.0. The lowest BCUT2D eigenvalue weighted by atomic mass is 10.0. The molecular formula is C47H90O6. The minimum Gasteiger partial charge on any atom is -0.462 e. The molecule has 0 N–H and O–H groups in total. The maximum atomic E-state index is 12.7. The first kappa shape index (κ1) is 51.4. The molecule has 0 aliphatic carbocycles. The third kappa shape index (κ3) is 41.4. The molecule has 0 aromatic carbocycles. The highest BCUT2D eigenvalue weighted by molar-refractivity contribution is 5.71. The topological polar surface area (TPSA) is 78.9 Å². The van der Waals surface area contributed by atoms with E-state index >= 15 is 0 Å². The minimum absolute atomic E-state index is 0.0637. The number of hydrogen-bond donors (Lipinski definition) is 0. The van der Waals surface area contributed by atoms with Crippen molar-refractivity contribution in [2.45, 2.75) is 265 Å². The van der Waals surface area contributed by atoms with Crippen molar-refractivity contribution in [3.8, 4) is 0 Å². The second-order valence-electron chi connectivity index (χ2n) is 16.5. The Labute approximate surface area is 329 Å². The Balaban J connectivity index is 4.28. The molecule has 0 rings (SSSR count). The van der Waals surface area contributed by atoms with Gasteiger partial charge in [0.05, 0.1) is 0 Å². The van der Waals surface area contributed by atoms with E-state index in [4.69, 9.17) is 14.2 Å². The molecule has 0 heterocycles. The average Bonchev–Trinajstić information content (AvgIpc) is 3.14. The second-order valence-corrected chi connectivity index (χ2v) is 16.5. The monoisotopic (exact) mass is 751 g/mol. The smallest absolute Gasteiger partial charge is 0.306 e. The molecule has 0 spiro atoms. The Hall–Kier alpha value is -1.59. The molecule has 0 unspecified atom stereocenters. The molecule has 0 aromatic heterocycles. The summed E-state index contributed by atoms with van der Waals surface area (Å²) in [5.41, 5.74) is 0. The molecule has 1 atom stereocenters. The van der Waals surface area contributed by atoms with Gasteiger partial charge in [-0.15, -0.1) is 0 Å². The molecule has 0 saturated heterocycles. The van der Waals surface area contributed by atoms with Gasteiger partial charge in [-0.2, -0.15) is 0 Å². The number of esters is 3. The SMILES string of the molecule is CCCCCCCCCCCCCCC(=O)OC[C@H](COC(=O)CCCCCCCCCCCCCC(C)C)OC(=O)CCCCCCCCCCC. The molecular weight excluding hydrogens is 661 g/mol. The highest BCUT2D eigenvalue weighted by Crippen LogP contribution is 2.16. The molecule has 6 heteroatoms. The van der Waals surface area contributed by atoms with Crippen LogP contribution in [-0.2, 0) is 28.6 Å². The molecule has 0 saturated carbocycles. The van der Waals surface area contributed by atoms with Crippen LogP contribution in [0, 0.1) is 5.92 Å². The van der Waals surface area contributed by atoms with E-state index in [2.05, 4.69) is 27.7 Å². The van der Waals surface area contributed by atoms with Crippen LogP contribution < -0.4 is 0 Å². The number of ether oxygens (including phenoxy) is 3. The lowest BCUT2D eigenvalue weighted by Gasteiger charge is -2.18. The summed E-state index contributed by atoms with van der Waals surface area (Å²) in [6, 6.07) is 0. The summed E-state index contributed by atoms with van der Waals surface area (Å²) >= 11 is 0. The lowest BCUT2D eigenvalue weighted by molar-refractivity contribution is -0.167. The third-order valence-corrected chi connectivity index (χ3v) is 10.5. The van der Waals surface area contributed by atoms with Gasteiger partial charge in [0.1, 0.15) is 13.2 Å². The van der Waals surface area contributed by atoms with E-state index in [-0.39, 0.29) is 31.1 Å². The summed E-state index contributed by atoms with van der Waals surface area (Å²) in [5.74, 6) is -0.0277. The fourth-order valence-electron chi connectivity index (χ4n) is 6.98. The molecule has 314 valence electrons. The van der Waals surface area contributed by atoms with E-state index in [0.717, 1.165) is 63.7 Å². The number of unbranched alkanes of at least 4 members (excludes halogenated alkanes) is 29. The molecule has 6 nitrogen and oxygen atoms in total. The maximum absolute atomic E-state index is 12.7. The van der Waals surface area contributed by atoms with Crippen molar-refractivity contribution < 1.29 is 28.6 Å². The van der Waals surface area contributed by atoms with E-state index in [1.54, 1.807) is 0 Å². The first-order valence-corrected chi connectivity index (χ1v) is 23.4. The van der Waals surface area contributed by atoms with Crippen LogP contribution in [-0.4, -0.2) is 37.2 Å². The van der Waals surface area contributed by atoms with Crippen LogP contribution in [0.3, 0.4) is 0 Å². The van der Waals surface area contributed by atoms with Crippen LogP contribution in [0.15, 0.2) is 0 Å². The summed E-state index contributed by atoms with van der Waals surface area (Å²) < 4.78 is 16.7. The Morgan fingerprint density at radius 2 is 0.623 bits per heavy atom. The van der Waals surface area contributed by atoms with Crippen molar-refractivity contribution in [1.82, 2.24) is 0 Å². The zero-order chi connectivity index (χ0) is 38.9. The Bertz CT molecular complexity index is 796. The first-order valence-electron chi connectivity index (χ1n) is 23.4. The molecule has 0 aliphatic rings. The van der Waals surface area contributed by atoms with E-state index in [9.17, 15) is 14.4 Å². The van der Waals surface area contributed by atoms with Crippen LogP contribution in [0.4, 0.5) is 0 Å². The van der Waals surface area contributed by atoms with Gasteiger partial charge in [-0.1, -0.05) is 220 Å². The van der Waals surface area contributed by atoms with Crippen LogP contribution in [0.1, 0.15) is 259 Å². The van der Waals surface area contributed by atoms with Crippen LogP contribution in [0.2, 0.25) is 0 Å². The average molecular weight is 751 g/mol. The van der Waals surface area contributed by atoms with E-state index in [1.165, 1.54) is 154 Å². The number of hydrogen-bond acceptors (Lipinski definition) is 6. The Morgan fingerprint density at radius 1 is 0.358 bits per heavy atom. The highest BCUT2D eigenvalue weighted by Gasteiger charge is 2.19. The van der Waals surface area contributed by atoms with Gasteiger partial charge in [0, 0.05) is 19.3 Å². The predicted molar refractivity (Wildman–Crippen MR) is 224 cm³/mol. The first-order chi connectivity index (χ1) is 25.9. The van der Waals surface area contributed by atoms with Crippen molar-refractivity contribution in [3.05, 3.63) is 0 Å². The Morgan fingerprint density at radius 3 is 0.925 bits per heavy atom. The standard InChI is InChI=1S/C47H90O6/c1-5-7-9-11-13-15-16-19-23-26-30-34-38-45(48)51-41-44(53-47(50)40-36-32-28-21-14-12-10-8-6-2)42-52-46(49)39-35-31-27-24-20-17-18-22-25-29-33-37-43(3)4/h43-44H,5-42H2,1-4H3/t44-/m1/s1. The summed E-state index contributed by atoms with van der Waals surface area (Å²) in [4.78, 5) is 37.7. The summed E-state index contributed by atoms with van der Waals surface area (Å²) in [6.07, 6.45) is 40.8. The van der Waals surface area contributed by atoms with E-state index in [1.807, 2.05) is 0 Å². The Kier molecular flexibility index (Phi) is 40.3.